The summed E-state index contributed by atoms with van der Waals surface area (Å²) in [5.74, 6) is 0.832. The van der Waals surface area contributed by atoms with E-state index in [2.05, 4.69) is 4.98 Å². The minimum Gasteiger partial charge on any atom is -0.466 e. The van der Waals surface area contributed by atoms with Crippen LogP contribution in [0.4, 0.5) is 0 Å². The molecular weight excluding hydrogens is 220 g/mol. The van der Waals surface area contributed by atoms with Gasteiger partial charge in [0.1, 0.15) is 5.82 Å². The number of carbonyl (C=O) groups excluding carboxylic acids is 1. The van der Waals surface area contributed by atoms with Gasteiger partial charge in [0, 0.05) is 18.3 Å². The van der Waals surface area contributed by atoms with Crippen molar-refractivity contribution in [1.82, 2.24) is 9.55 Å². The molecule has 96 valence electrons. The van der Waals surface area contributed by atoms with Gasteiger partial charge in [-0.3, -0.25) is 4.79 Å². The summed E-state index contributed by atoms with van der Waals surface area (Å²) < 4.78 is 6.66. The predicted molar refractivity (Wildman–Crippen MR) is 63.6 cm³/mol. The van der Waals surface area contributed by atoms with Crippen LogP contribution in [0.2, 0.25) is 0 Å². The number of rotatable bonds is 6. The van der Waals surface area contributed by atoms with E-state index in [-0.39, 0.29) is 12.4 Å². The molecule has 1 aromatic heterocycles. The van der Waals surface area contributed by atoms with Crippen LogP contribution < -0.4 is 0 Å². The van der Waals surface area contributed by atoms with Crippen LogP contribution >= 0.6 is 0 Å². The maximum atomic E-state index is 11.2. The van der Waals surface area contributed by atoms with Crippen molar-refractivity contribution < 1.29 is 14.6 Å². The van der Waals surface area contributed by atoms with Crippen LogP contribution in [-0.4, -0.2) is 33.3 Å². The maximum Gasteiger partial charge on any atom is 0.308 e. The van der Waals surface area contributed by atoms with Gasteiger partial charge in [-0.05, 0) is 6.92 Å². The predicted octanol–water partition coefficient (Wildman–Crippen LogP) is 1.32. The number of aliphatic hydroxyl groups is 1. The lowest BCUT2D eigenvalue weighted by molar-refractivity contribution is -0.145. The largest absolute Gasteiger partial charge is 0.466 e. The Labute approximate surface area is 101 Å². The van der Waals surface area contributed by atoms with Crippen LogP contribution in [0.5, 0.6) is 0 Å². The van der Waals surface area contributed by atoms with Gasteiger partial charge >= 0.3 is 5.97 Å². The lowest BCUT2D eigenvalue weighted by atomic mass is 10.2. The molecule has 1 aromatic rings. The third-order valence-corrected chi connectivity index (χ3v) is 2.38. The number of nitrogens with zero attached hydrogens (tertiary/aromatic N) is 2. The molecule has 1 rings (SSSR count). The van der Waals surface area contributed by atoms with E-state index >= 15 is 0 Å². The summed E-state index contributed by atoms with van der Waals surface area (Å²) in [5, 5.41) is 9.77. The monoisotopic (exact) mass is 240 g/mol. The second kappa shape index (κ2) is 6.39. The molecule has 1 heterocycles. The molecule has 1 N–H and O–H groups in total. The molecule has 17 heavy (non-hydrogen) atoms. The number of hydrogen-bond acceptors (Lipinski definition) is 4. The summed E-state index contributed by atoms with van der Waals surface area (Å²) in [7, 11) is 0. The van der Waals surface area contributed by atoms with E-state index in [1.165, 1.54) is 0 Å². The van der Waals surface area contributed by atoms with Gasteiger partial charge in [0.05, 0.1) is 25.7 Å². The summed E-state index contributed by atoms with van der Waals surface area (Å²) in [4.78, 5) is 15.4. The van der Waals surface area contributed by atoms with Crippen molar-refractivity contribution in [3.8, 4) is 0 Å². The van der Waals surface area contributed by atoms with Crippen molar-refractivity contribution in [2.45, 2.75) is 45.8 Å². The van der Waals surface area contributed by atoms with E-state index < -0.39 is 6.10 Å². The van der Waals surface area contributed by atoms with E-state index in [9.17, 15) is 9.90 Å². The van der Waals surface area contributed by atoms with Gasteiger partial charge in [-0.2, -0.15) is 0 Å². The van der Waals surface area contributed by atoms with Gasteiger partial charge in [-0.25, -0.2) is 4.98 Å². The second-order valence-corrected chi connectivity index (χ2v) is 4.26. The van der Waals surface area contributed by atoms with Crippen LogP contribution in [-0.2, 0) is 16.1 Å². The third-order valence-electron chi connectivity index (χ3n) is 2.38. The Morgan fingerprint density at radius 3 is 2.88 bits per heavy atom. The summed E-state index contributed by atoms with van der Waals surface area (Å²) in [5.41, 5.74) is 0. The smallest absolute Gasteiger partial charge is 0.308 e. The Hall–Kier alpha value is -1.36. The molecule has 5 heteroatoms. The Morgan fingerprint density at radius 2 is 2.29 bits per heavy atom. The molecule has 0 radical (unpaired) electrons. The summed E-state index contributed by atoms with van der Waals surface area (Å²) in [6.07, 6.45) is 2.79. The van der Waals surface area contributed by atoms with Crippen LogP contribution in [0.25, 0.3) is 0 Å². The summed E-state index contributed by atoms with van der Waals surface area (Å²) in [6.45, 7) is 6.53. The molecule has 0 aliphatic carbocycles. The minimum absolute atomic E-state index is 0.0174. The lowest BCUT2D eigenvalue weighted by Crippen LogP contribution is -2.22. The fourth-order valence-electron chi connectivity index (χ4n) is 1.68. The Bertz CT molecular complexity index is 360. The zero-order valence-corrected chi connectivity index (χ0v) is 10.6. The number of imidazole rings is 1. The van der Waals surface area contributed by atoms with E-state index in [1.807, 2.05) is 24.6 Å². The highest BCUT2D eigenvalue weighted by atomic mass is 16.5. The second-order valence-electron chi connectivity index (χ2n) is 4.26. The molecule has 1 unspecified atom stereocenters. The minimum atomic E-state index is -0.735. The first-order valence-corrected chi connectivity index (χ1v) is 5.89. The molecule has 1 atom stereocenters. The van der Waals surface area contributed by atoms with E-state index in [0.29, 0.717) is 19.1 Å². The SMILES string of the molecule is CCOC(=O)CC(O)Cn1ccnc1C(C)C. The molecule has 0 fully saturated rings. The van der Waals surface area contributed by atoms with Crippen molar-refractivity contribution in [3.05, 3.63) is 18.2 Å². The quantitative estimate of drug-likeness (QED) is 0.762. The van der Waals surface area contributed by atoms with Crippen molar-refractivity contribution in [3.63, 3.8) is 0 Å². The summed E-state index contributed by atoms with van der Waals surface area (Å²) in [6, 6.07) is 0. The van der Waals surface area contributed by atoms with E-state index in [1.54, 1.807) is 13.1 Å². The number of aliphatic hydroxyl groups excluding tert-OH is 1. The number of ether oxygens (including phenoxy) is 1. The standard InChI is InChI=1S/C12H20N2O3/c1-4-17-11(16)7-10(15)8-14-6-5-13-12(14)9(2)3/h5-6,9-10,15H,4,7-8H2,1-3H3. The first-order chi connectivity index (χ1) is 8.04. The molecule has 0 bridgehead atoms. The van der Waals surface area contributed by atoms with Gasteiger partial charge in [0.25, 0.3) is 0 Å². The molecule has 0 saturated carbocycles. The number of aromatic nitrogens is 2. The number of esters is 1. The van der Waals surface area contributed by atoms with E-state index in [4.69, 9.17) is 4.74 Å². The van der Waals surface area contributed by atoms with Gasteiger partial charge in [-0.1, -0.05) is 13.8 Å². The van der Waals surface area contributed by atoms with Gasteiger partial charge in [0.15, 0.2) is 0 Å². The third kappa shape index (κ3) is 4.19. The van der Waals surface area contributed by atoms with Gasteiger partial charge < -0.3 is 14.4 Å². The summed E-state index contributed by atoms with van der Waals surface area (Å²) >= 11 is 0. The molecule has 0 saturated heterocycles. The average Bonchev–Trinajstić information content (AvgIpc) is 2.65. The number of carbonyl (C=O) groups is 1. The fraction of sp³-hybridized carbons (Fsp3) is 0.667. The molecule has 0 aliphatic heterocycles. The van der Waals surface area contributed by atoms with Crippen molar-refractivity contribution in [1.29, 1.82) is 0 Å². The van der Waals surface area contributed by atoms with Crippen LogP contribution in [0.15, 0.2) is 12.4 Å². The topological polar surface area (TPSA) is 64.3 Å². The first-order valence-electron chi connectivity index (χ1n) is 5.89. The molecule has 0 aromatic carbocycles. The average molecular weight is 240 g/mol. The first kappa shape index (κ1) is 13.7. The Kier molecular flexibility index (Phi) is 5.15. The molecule has 0 aliphatic rings. The molecular formula is C12H20N2O3. The zero-order valence-electron chi connectivity index (χ0n) is 10.6. The Morgan fingerprint density at radius 1 is 1.59 bits per heavy atom. The van der Waals surface area contributed by atoms with Gasteiger partial charge in [0.2, 0.25) is 0 Å². The van der Waals surface area contributed by atoms with Crippen molar-refractivity contribution in [2.75, 3.05) is 6.61 Å². The zero-order chi connectivity index (χ0) is 12.8. The highest BCUT2D eigenvalue weighted by Crippen LogP contribution is 2.12. The van der Waals surface area contributed by atoms with Crippen LogP contribution in [0.1, 0.15) is 38.9 Å². The van der Waals surface area contributed by atoms with Crippen LogP contribution in [0.3, 0.4) is 0 Å². The maximum absolute atomic E-state index is 11.2. The normalized spacial score (nSPS) is 12.8. The Balaban J connectivity index is 2.53. The number of hydrogen-bond donors (Lipinski definition) is 1. The fourth-order valence-corrected chi connectivity index (χ4v) is 1.68. The molecule has 0 spiro atoms. The highest BCUT2D eigenvalue weighted by Gasteiger charge is 2.15. The molecule has 0 amide bonds. The molecule has 5 nitrogen and oxygen atoms in total. The van der Waals surface area contributed by atoms with E-state index in [0.717, 1.165) is 5.82 Å². The highest BCUT2D eigenvalue weighted by molar-refractivity contribution is 5.69. The van der Waals surface area contributed by atoms with Crippen molar-refractivity contribution >= 4 is 5.97 Å². The van der Waals surface area contributed by atoms with Crippen LogP contribution in [0, 0.1) is 0 Å². The van der Waals surface area contributed by atoms with Crippen molar-refractivity contribution in [2.24, 2.45) is 0 Å². The van der Waals surface area contributed by atoms with Gasteiger partial charge in [-0.15, -0.1) is 0 Å². The lowest BCUT2D eigenvalue weighted by Gasteiger charge is -2.14.